The molecule has 1 N–H and O–H groups in total. The molecule has 0 bridgehead atoms. The second kappa shape index (κ2) is 6.02. The second-order valence-corrected chi connectivity index (χ2v) is 7.42. The molecule has 0 spiro atoms. The van der Waals surface area contributed by atoms with Crippen LogP contribution >= 0.6 is 15.9 Å². The molecule has 1 heterocycles. The summed E-state index contributed by atoms with van der Waals surface area (Å²) < 4.78 is 25.1. The Morgan fingerprint density at radius 3 is 2.58 bits per heavy atom. The molecule has 1 aromatic carbocycles. The molecule has 1 aromatic rings. The zero-order chi connectivity index (χ0) is 13.9. The number of rotatable bonds is 4. The van der Waals surface area contributed by atoms with Gasteiger partial charge in [-0.05, 0) is 24.3 Å². The van der Waals surface area contributed by atoms with Gasteiger partial charge in [-0.2, -0.15) is 0 Å². The highest BCUT2D eigenvalue weighted by atomic mass is 79.9. The number of benzene rings is 1. The number of carbonyl (C=O) groups is 1. The molecule has 19 heavy (non-hydrogen) atoms. The molecule has 2 rings (SSSR count). The first-order valence-electron chi connectivity index (χ1n) is 5.95. The first kappa shape index (κ1) is 14.5. The van der Waals surface area contributed by atoms with E-state index in [9.17, 15) is 13.2 Å². The number of nitrogens with zero attached hydrogens (tertiary/aromatic N) is 1. The van der Waals surface area contributed by atoms with Crippen LogP contribution < -0.4 is 5.32 Å². The minimum Gasteiger partial charge on any atom is -0.354 e. The lowest BCUT2D eigenvalue weighted by Crippen LogP contribution is -2.48. The van der Waals surface area contributed by atoms with E-state index in [1.807, 2.05) is 4.90 Å². The molecule has 104 valence electrons. The summed E-state index contributed by atoms with van der Waals surface area (Å²) in [6.07, 6.45) is 0. The third-order valence-electron chi connectivity index (χ3n) is 2.97. The predicted octanol–water partition coefficient (Wildman–Crippen LogP) is 0.655. The molecular weight excluding hydrogens is 332 g/mol. The fraction of sp³-hybridized carbons (Fsp3) is 0.417. The van der Waals surface area contributed by atoms with Gasteiger partial charge >= 0.3 is 0 Å². The van der Waals surface area contributed by atoms with E-state index in [0.29, 0.717) is 24.5 Å². The smallest absolute Gasteiger partial charge is 0.234 e. The Kier molecular flexibility index (Phi) is 4.59. The number of nitrogens with one attached hydrogen (secondary N) is 1. The number of piperazine rings is 1. The van der Waals surface area contributed by atoms with Gasteiger partial charge in [0.2, 0.25) is 5.91 Å². The highest BCUT2D eigenvalue weighted by Gasteiger charge is 2.20. The van der Waals surface area contributed by atoms with Gasteiger partial charge in [0.15, 0.2) is 9.84 Å². The van der Waals surface area contributed by atoms with Gasteiger partial charge in [0.05, 0.1) is 17.2 Å². The minimum atomic E-state index is -3.29. The molecular formula is C12H15BrN2O3S. The molecule has 0 radical (unpaired) electrons. The average molecular weight is 347 g/mol. The fourth-order valence-electron chi connectivity index (χ4n) is 1.89. The highest BCUT2D eigenvalue weighted by molar-refractivity contribution is 9.10. The lowest BCUT2D eigenvalue weighted by Gasteiger charge is -2.26. The molecule has 1 saturated heterocycles. The van der Waals surface area contributed by atoms with Crippen LogP contribution in [0.25, 0.3) is 0 Å². The van der Waals surface area contributed by atoms with Crippen molar-refractivity contribution in [1.29, 1.82) is 0 Å². The van der Waals surface area contributed by atoms with E-state index >= 15 is 0 Å². The van der Waals surface area contributed by atoms with Crippen molar-refractivity contribution >= 4 is 31.7 Å². The molecule has 0 unspecified atom stereocenters. The molecule has 0 aliphatic carbocycles. The summed E-state index contributed by atoms with van der Waals surface area (Å²) in [5, 5.41) is 2.71. The van der Waals surface area contributed by atoms with Gasteiger partial charge in [0.25, 0.3) is 0 Å². The maximum atomic E-state index is 12.1. The number of carbonyl (C=O) groups excluding carboxylic acids is 1. The minimum absolute atomic E-state index is 0.0297. The topological polar surface area (TPSA) is 66.5 Å². The molecule has 1 aliphatic rings. The second-order valence-electron chi connectivity index (χ2n) is 4.40. The van der Waals surface area contributed by atoms with Gasteiger partial charge < -0.3 is 5.32 Å². The van der Waals surface area contributed by atoms with Crippen molar-refractivity contribution in [3.63, 3.8) is 0 Å². The van der Waals surface area contributed by atoms with Gasteiger partial charge in [-0.15, -0.1) is 0 Å². The first-order valence-corrected chi connectivity index (χ1v) is 8.39. The van der Waals surface area contributed by atoms with E-state index in [-0.39, 0.29) is 18.2 Å². The summed E-state index contributed by atoms with van der Waals surface area (Å²) >= 11 is 3.27. The Bertz CT molecular complexity index is 557. The summed E-state index contributed by atoms with van der Waals surface area (Å²) in [6.45, 7) is 1.93. The van der Waals surface area contributed by atoms with Crippen molar-refractivity contribution in [2.45, 2.75) is 4.90 Å². The van der Waals surface area contributed by atoms with Crippen LogP contribution in [0, 0.1) is 0 Å². The Hall–Kier alpha value is -0.920. The SMILES string of the molecule is O=C1CN(CCS(=O)(=O)c2ccc(Br)cc2)CCN1. The van der Waals surface area contributed by atoms with Crippen molar-refractivity contribution < 1.29 is 13.2 Å². The third-order valence-corrected chi connectivity index (χ3v) is 5.21. The Morgan fingerprint density at radius 2 is 1.95 bits per heavy atom. The van der Waals surface area contributed by atoms with Crippen molar-refractivity contribution in [3.05, 3.63) is 28.7 Å². The van der Waals surface area contributed by atoms with E-state index in [1.54, 1.807) is 24.3 Å². The molecule has 0 saturated carbocycles. The Balaban J connectivity index is 1.97. The van der Waals surface area contributed by atoms with Crippen LogP contribution in [0.3, 0.4) is 0 Å². The van der Waals surface area contributed by atoms with E-state index in [4.69, 9.17) is 0 Å². The number of hydrogen-bond acceptors (Lipinski definition) is 4. The molecule has 1 amide bonds. The number of hydrogen-bond donors (Lipinski definition) is 1. The monoisotopic (exact) mass is 346 g/mol. The first-order chi connectivity index (χ1) is 8.97. The summed E-state index contributed by atoms with van der Waals surface area (Å²) in [7, 11) is -3.29. The van der Waals surface area contributed by atoms with E-state index in [2.05, 4.69) is 21.2 Å². The van der Waals surface area contributed by atoms with E-state index in [1.165, 1.54) is 0 Å². The third kappa shape index (κ3) is 4.02. The Labute approximate surface area is 121 Å². The van der Waals surface area contributed by atoms with Crippen LogP contribution in [-0.4, -0.2) is 51.2 Å². The largest absolute Gasteiger partial charge is 0.354 e. The summed E-state index contributed by atoms with van der Waals surface area (Å²) in [5.74, 6) is -0.0191. The van der Waals surface area contributed by atoms with Crippen molar-refractivity contribution in [3.8, 4) is 0 Å². The molecule has 1 aliphatic heterocycles. The average Bonchev–Trinajstić information content (AvgIpc) is 2.37. The number of sulfone groups is 1. The summed E-state index contributed by atoms with van der Waals surface area (Å²) in [4.78, 5) is 13.4. The normalized spacial score (nSPS) is 17.2. The van der Waals surface area contributed by atoms with Gasteiger partial charge in [0, 0.05) is 24.1 Å². The van der Waals surface area contributed by atoms with Crippen molar-refractivity contribution in [2.24, 2.45) is 0 Å². The lowest BCUT2D eigenvalue weighted by atomic mass is 10.3. The van der Waals surface area contributed by atoms with Crippen molar-refractivity contribution in [1.82, 2.24) is 10.2 Å². The number of amides is 1. The standard InChI is InChI=1S/C12H15BrN2O3S/c13-10-1-3-11(4-2-10)19(17,18)8-7-15-6-5-14-12(16)9-15/h1-4H,5-9H2,(H,14,16). The van der Waals surface area contributed by atoms with Gasteiger partial charge in [-0.1, -0.05) is 15.9 Å². The van der Waals surface area contributed by atoms with Crippen LogP contribution in [0.4, 0.5) is 0 Å². The zero-order valence-electron chi connectivity index (χ0n) is 10.3. The fourth-order valence-corrected chi connectivity index (χ4v) is 3.44. The maximum absolute atomic E-state index is 12.1. The number of halogens is 1. The maximum Gasteiger partial charge on any atom is 0.234 e. The van der Waals surface area contributed by atoms with Crippen LogP contribution in [0.15, 0.2) is 33.6 Å². The lowest BCUT2D eigenvalue weighted by molar-refractivity contribution is -0.123. The summed E-state index contributed by atoms with van der Waals surface area (Å²) in [6, 6.07) is 6.59. The van der Waals surface area contributed by atoms with Crippen molar-refractivity contribution in [2.75, 3.05) is 31.9 Å². The molecule has 1 fully saturated rings. The van der Waals surface area contributed by atoms with Gasteiger partial charge in [-0.3, -0.25) is 9.69 Å². The quantitative estimate of drug-likeness (QED) is 0.869. The zero-order valence-corrected chi connectivity index (χ0v) is 12.7. The predicted molar refractivity (Wildman–Crippen MR) is 75.6 cm³/mol. The van der Waals surface area contributed by atoms with Crippen LogP contribution in [0.5, 0.6) is 0 Å². The molecule has 5 nitrogen and oxygen atoms in total. The van der Waals surface area contributed by atoms with Crippen LogP contribution in [0.1, 0.15) is 0 Å². The molecule has 7 heteroatoms. The van der Waals surface area contributed by atoms with E-state index < -0.39 is 9.84 Å². The summed E-state index contributed by atoms with van der Waals surface area (Å²) in [5.41, 5.74) is 0. The van der Waals surface area contributed by atoms with Gasteiger partial charge in [-0.25, -0.2) is 8.42 Å². The van der Waals surface area contributed by atoms with Crippen LogP contribution in [0.2, 0.25) is 0 Å². The van der Waals surface area contributed by atoms with Gasteiger partial charge in [0.1, 0.15) is 0 Å². The van der Waals surface area contributed by atoms with Crippen LogP contribution in [-0.2, 0) is 14.6 Å². The highest BCUT2D eigenvalue weighted by Crippen LogP contribution is 2.16. The molecule has 0 aromatic heterocycles. The van der Waals surface area contributed by atoms with E-state index in [0.717, 1.165) is 4.47 Å². The Morgan fingerprint density at radius 1 is 1.26 bits per heavy atom. The molecule has 0 atom stereocenters.